The van der Waals surface area contributed by atoms with Crippen molar-refractivity contribution in [1.82, 2.24) is 10.6 Å². The van der Waals surface area contributed by atoms with Gasteiger partial charge < -0.3 is 21.2 Å². The Morgan fingerprint density at radius 2 is 1.18 bits per heavy atom. The Labute approximate surface area is 134 Å². The quantitative estimate of drug-likeness (QED) is 0.547. The molecule has 0 aromatic rings. The van der Waals surface area contributed by atoms with Crippen molar-refractivity contribution in [3.63, 3.8) is 0 Å². The van der Waals surface area contributed by atoms with Gasteiger partial charge in [0.15, 0.2) is 7.85 Å². The molecule has 0 aromatic heterocycles. The molecule has 0 aromatic carbocycles. The molecule has 0 bridgehead atoms. The zero-order valence-corrected chi connectivity index (χ0v) is 14.3. The largest absolute Gasteiger partial charge is 0.345 e. The summed E-state index contributed by atoms with van der Waals surface area (Å²) < 4.78 is 0. The van der Waals surface area contributed by atoms with Crippen molar-refractivity contribution in [1.29, 1.82) is 0 Å². The summed E-state index contributed by atoms with van der Waals surface area (Å²) in [7, 11) is 5.29. The fourth-order valence-electron chi connectivity index (χ4n) is 1.90. The number of carbonyl (C=O) groups excluding carboxylic acids is 3. The minimum absolute atomic E-state index is 0.0371. The van der Waals surface area contributed by atoms with Gasteiger partial charge in [0.2, 0.25) is 11.8 Å². The van der Waals surface area contributed by atoms with Gasteiger partial charge in [-0.2, -0.15) is 0 Å². The van der Waals surface area contributed by atoms with Crippen LogP contribution in [-0.4, -0.2) is 43.5 Å². The third kappa shape index (κ3) is 6.18. The molecule has 0 fully saturated rings. The van der Waals surface area contributed by atoms with Crippen LogP contribution in [0.4, 0.5) is 0 Å². The van der Waals surface area contributed by atoms with E-state index in [2.05, 4.69) is 10.6 Å². The van der Waals surface area contributed by atoms with Crippen molar-refractivity contribution in [2.45, 2.75) is 59.7 Å². The molecule has 2 amide bonds. The lowest BCUT2D eigenvalue weighted by Gasteiger charge is -2.27. The van der Waals surface area contributed by atoms with Gasteiger partial charge in [0, 0.05) is 0 Å². The monoisotopic (exact) mass is 309 g/mol. The van der Waals surface area contributed by atoms with Crippen LogP contribution in [0.3, 0.4) is 0 Å². The van der Waals surface area contributed by atoms with Crippen molar-refractivity contribution in [3.8, 4) is 0 Å². The lowest BCUT2D eigenvalue weighted by Crippen LogP contribution is -2.57. The van der Waals surface area contributed by atoms with Crippen molar-refractivity contribution >= 4 is 25.3 Å². The molecule has 0 spiro atoms. The minimum Gasteiger partial charge on any atom is -0.345 e. The number of hydrogen-bond acceptors (Lipinski definition) is 4. The maximum atomic E-state index is 12.4. The van der Waals surface area contributed by atoms with Gasteiger partial charge in [-0.15, -0.1) is 0 Å². The Hall–Kier alpha value is -1.37. The van der Waals surface area contributed by atoms with Crippen LogP contribution in [0.5, 0.6) is 0 Å². The predicted octanol–water partition coefficient (Wildman–Crippen LogP) is -0.0536. The van der Waals surface area contributed by atoms with Gasteiger partial charge in [0.05, 0.1) is 17.8 Å². The molecule has 0 aliphatic rings. The van der Waals surface area contributed by atoms with Crippen LogP contribution in [0.15, 0.2) is 0 Å². The normalized spacial score (nSPS) is 15.5. The fraction of sp³-hybridized carbons (Fsp3) is 0.800. The summed E-state index contributed by atoms with van der Waals surface area (Å²) in [5.74, 6) is -1.14. The van der Waals surface area contributed by atoms with E-state index >= 15 is 0 Å². The molecule has 6 nitrogen and oxygen atoms in total. The maximum Gasteiger partial charge on any atom is 0.243 e. The molecule has 22 heavy (non-hydrogen) atoms. The van der Waals surface area contributed by atoms with Crippen LogP contribution in [0.25, 0.3) is 0 Å². The third-order valence-electron chi connectivity index (χ3n) is 3.54. The number of amides is 2. The highest BCUT2D eigenvalue weighted by Crippen LogP contribution is 2.07. The predicted molar refractivity (Wildman–Crippen MR) is 87.1 cm³/mol. The fourth-order valence-corrected chi connectivity index (χ4v) is 1.90. The highest BCUT2D eigenvalue weighted by Gasteiger charge is 2.30. The lowest BCUT2D eigenvalue weighted by atomic mass is 9.87. The molecule has 0 rings (SSSR count). The first-order valence-corrected chi connectivity index (χ1v) is 7.64. The second-order valence-electron chi connectivity index (χ2n) is 6.63. The first-order valence-electron chi connectivity index (χ1n) is 7.64. The van der Waals surface area contributed by atoms with E-state index in [9.17, 15) is 14.4 Å². The molecule has 2 radical (unpaired) electrons. The second-order valence-corrected chi connectivity index (χ2v) is 6.63. The summed E-state index contributed by atoms with van der Waals surface area (Å²) in [4.78, 5) is 35.8. The third-order valence-corrected chi connectivity index (χ3v) is 3.54. The van der Waals surface area contributed by atoms with Gasteiger partial charge in [-0.3, -0.25) is 9.59 Å². The average Bonchev–Trinajstić information content (AvgIpc) is 2.39. The molecule has 0 saturated heterocycles. The highest BCUT2D eigenvalue weighted by molar-refractivity contribution is 6.59. The van der Waals surface area contributed by atoms with E-state index in [4.69, 9.17) is 13.6 Å². The summed E-state index contributed by atoms with van der Waals surface area (Å²) in [5.41, 5.74) is 5.19. The average molecular weight is 309 g/mol. The van der Waals surface area contributed by atoms with E-state index in [1.54, 1.807) is 27.7 Å². The van der Waals surface area contributed by atoms with Gasteiger partial charge in [-0.05, 0) is 17.8 Å². The van der Waals surface area contributed by atoms with Crippen molar-refractivity contribution < 1.29 is 14.4 Å². The molecule has 124 valence electrons. The van der Waals surface area contributed by atoms with Gasteiger partial charge in [0.1, 0.15) is 6.04 Å². The molecule has 4 N–H and O–H groups in total. The Kier molecular flexibility index (Phi) is 8.37. The molecular weight excluding hydrogens is 281 g/mol. The van der Waals surface area contributed by atoms with Crippen LogP contribution in [0.1, 0.15) is 41.5 Å². The topological polar surface area (TPSA) is 101 Å². The molecule has 0 aliphatic carbocycles. The van der Waals surface area contributed by atoms with Crippen LogP contribution in [0.2, 0.25) is 0 Å². The molecule has 0 heterocycles. The van der Waals surface area contributed by atoms with Crippen LogP contribution >= 0.6 is 0 Å². The minimum atomic E-state index is -0.774. The number of nitrogens with one attached hydrogen (secondary N) is 2. The van der Waals surface area contributed by atoms with Crippen LogP contribution < -0.4 is 16.4 Å². The summed E-state index contributed by atoms with van der Waals surface area (Å²) in [6.45, 7) is 10.8. The summed E-state index contributed by atoms with van der Waals surface area (Å²) in [6.07, 6.45) is 0. The van der Waals surface area contributed by atoms with E-state index in [-0.39, 0.29) is 23.7 Å². The number of carbonyl (C=O) groups is 3. The summed E-state index contributed by atoms with van der Waals surface area (Å²) >= 11 is 0. The Morgan fingerprint density at radius 1 is 0.773 bits per heavy atom. The molecule has 7 heteroatoms. The highest BCUT2D eigenvalue weighted by atomic mass is 16.2. The Balaban J connectivity index is 4.99. The first-order chi connectivity index (χ1) is 9.98. The zero-order valence-electron chi connectivity index (χ0n) is 14.3. The van der Waals surface area contributed by atoms with E-state index in [0.717, 1.165) is 0 Å². The van der Waals surface area contributed by atoms with Gasteiger partial charge in [-0.25, -0.2) is 0 Å². The van der Waals surface area contributed by atoms with Crippen molar-refractivity contribution in [3.05, 3.63) is 0 Å². The zero-order chi connectivity index (χ0) is 17.6. The standard InChI is InChI=1S/C15H28BN3O3/c1-7(2)10(17)14(21)19-12(9(5)6)15(22)18-11(8(3)4)13(16)20/h7-12H,17H2,1-6H3,(H,18,22)(H,19,21)/t10-,11-,12-/m0/s1. The molecule has 0 aliphatic heterocycles. The van der Waals surface area contributed by atoms with E-state index < -0.39 is 29.7 Å². The van der Waals surface area contributed by atoms with Gasteiger partial charge in [-0.1, -0.05) is 41.5 Å². The molecule has 3 atom stereocenters. The SMILES string of the molecule is [B]C(=O)[C@@H](NC(=O)[C@@H](NC(=O)[C@@H](N)C(C)C)C(C)C)C(C)C. The number of rotatable bonds is 8. The smallest absolute Gasteiger partial charge is 0.243 e. The van der Waals surface area contributed by atoms with E-state index in [1.807, 2.05) is 13.8 Å². The Morgan fingerprint density at radius 3 is 1.50 bits per heavy atom. The Bertz CT molecular complexity index is 411. The van der Waals surface area contributed by atoms with Crippen LogP contribution in [0, 0.1) is 17.8 Å². The summed E-state index contributed by atoms with van der Waals surface area (Å²) in [6, 6.07) is -2.23. The molecular formula is C15H28BN3O3. The lowest BCUT2D eigenvalue weighted by molar-refractivity contribution is -0.132. The van der Waals surface area contributed by atoms with Gasteiger partial charge in [0.25, 0.3) is 0 Å². The van der Waals surface area contributed by atoms with E-state index in [1.165, 1.54) is 0 Å². The summed E-state index contributed by atoms with van der Waals surface area (Å²) in [5, 5.41) is 5.25. The molecule has 0 unspecified atom stereocenters. The number of nitrogens with two attached hydrogens (primary N) is 1. The maximum absolute atomic E-state index is 12.4. The van der Waals surface area contributed by atoms with Gasteiger partial charge >= 0.3 is 0 Å². The van der Waals surface area contributed by atoms with Crippen molar-refractivity contribution in [2.24, 2.45) is 23.5 Å². The number of hydrogen-bond donors (Lipinski definition) is 3. The first kappa shape index (κ1) is 20.6. The molecule has 0 saturated carbocycles. The van der Waals surface area contributed by atoms with E-state index in [0.29, 0.717) is 0 Å². The van der Waals surface area contributed by atoms with Crippen molar-refractivity contribution in [2.75, 3.05) is 0 Å². The second kappa shape index (κ2) is 8.93. The van der Waals surface area contributed by atoms with Crippen LogP contribution in [-0.2, 0) is 14.4 Å².